The van der Waals surface area contributed by atoms with Crippen LogP contribution < -0.4 is 5.32 Å². The third-order valence-corrected chi connectivity index (χ3v) is 7.52. The molecule has 188 valence electrons. The average Bonchev–Trinajstić information content (AvgIpc) is 3.41. The Morgan fingerprint density at radius 2 is 1.92 bits per heavy atom. The van der Waals surface area contributed by atoms with Crippen molar-refractivity contribution in [2.24, 2.45) is 0 Å². The molecule has 1 saturated heterocycles. The molecule has 0 bridgehead atoms. The van der Waals surface area contributed by atoms with Crippen molar-refractivity contribution in [3.05, 3.63) is 47.8 Å². The zero-order valence-corrected chi connectivity index (χ0v) is 21.6. The Kier molecular flexibility index (Phi) is 6.67. The zero-order chi connectivity index (χ0) is 25.4. The van der Waals surface area contributed by atoms with E-state index in [-0.39, 0.29) is 23.6 Å². The largest absolute Gasteiger partial charge is 0.336 e. The Bertz CT molecular complexity index is 1390. The van der Waals surface area contributed by atoms with Gasteiger partial charge in [0, 0.05) is 38.4 Å². The molecular weight excluding hydrogens is 479 g/mol. The number of rotatable bonds is 6. The molecule has 11 heteroatoms. The van der Waals surface area contributed by atoms with Gasteiger partial charge in [-0.1, -0.05) is 6.92 Å². The predicted molar refractivity (Wildman–Crippen MR) is 139 cm³/mol. The van der Waals surface area contributed by atoms with E-state index in [1.165, 1.54) is 11.3 Å². The molecule has 0 aliphatic carbocycles. The molecule has 1 amide bonds. The molecule has 9 nitrogen and oxygen atoms in total. The number of carbonyl (C=O) groups excluding carboxylic acids is 1. The Hall–Kier alpha value is -3.44. The summed E-state index contributed by atoms with van der Waals surface area (Å²) >= 11 is 1.46. The smallest absolute Gasteiger partial charge is 0.255 e. The topological polar surface area (TPSA) is 92.1 Å². The lowest BCUT2D eigenvalue weighted by atomic mass is 10.2. The van der Waals surface area contributed by atoms with Gasteiger partial charge in [-0.2, -0.15) is 0 Å². The van der Waals surface area contributed by atoms with E-state index in [2.05, 4.69) is 55.5 Å². The number of anilines is 2. The van der Waals surface area contributed by atoms with Crippen LogP contribution in [0.25, 0.3) is 20.9 Å². The van der Waals surface area contributed by atoms with Crippen molar-refractivity contribution < 1.29 is 9.18 Å². The minimum atomic E-state index is -0.505. The molecule has 0 radical (unpaired) electrons. The van der Waals surface area contributed by atoms with E-state index >= 15 is 0 Å². The highest BCUT2D eigenvalue weighted by atomic mass is 32.1. The number of halogens is 1. The van der Waals surface area contributed by atoms with Gasteiger partial charge in [-0.05, 0) is 45.5 Å². The van der Waals surface area contributed by atoms with Crippen LogP contribution in [0.2, 0.25) is 0 Å². The highest BCUT2D eigenvalue weighted by molar-refractivity contribution is 7.21. The molecule has 0 saturated carbocycles. The number of likely N-dealkylation sites (N-methyl/N-ethyl adjacent to an activating group) is 1. The molecule has 1 aliphatic heterocycles. The first-order valence-corrected chi connectivity index (χ1v) is 12.9. The van der Waals surface area contributed by atoms with Gasteiger partial charge in [0.2, 0.25) is 5.95 Å². The maximum atomic E-state index is 14.7. The van der Waals surface area contributed by atoms with Crippen molar-refractivity contribution in [3.63, 3.8) is 0 Å². The summed E-state index contributed by atoms with van der Waals surface area (Å²) in [5, 5.41) is 3.02. The van der Waals surface area contributed by atoms with Gasteiger partial charge in [0.15, 0.2) is 5.82 Å². The van der Waals surface area contributed by atoms with Gasteiger partial charge in [-0.15, -0.1) is 11.3 Å². The van der Waals surface area contributed by atoms with Gasteiger partial charge in [0.1, 0.15) is 27.7 Å². The molecule has 5 rings (SSSR count). The lowest BCUT2D eigenvalue weighted by Crippen LogP contribution is -2.48. The Balaban J connectivity index is 1.32. The Morgan fingerprint density at radius 1 is 1.14 bits per heavy atom. The molecular formula is C25H29FN8OS. The first kappa shape index (κ1) is 24.3. The number of hydrogen-bond acceptors (Lipinski definition) is 8. The van der Waals surface area contributed by atoms with Crippen LogP contribution in [0.1, 0.15) is 43.0 Å². The number of imidazole rings is 1. The van der Waals surface area contributed by atoms with Crippen LogP contribution in [0, 0.1) is 12.7 Å². The number of aryl methyl sites for hydroxylation is 1. The van der Waals surface area contributed by atoms with Crippen molar-refractivity contribution in [1.82, 2.24) is 34.3 Å². The quantitative estimate of drug-likeness (QED) is 0.410. The summed E-state index contributed by atoms with van der Waals surface area (Å²) < 4.78 is 16.8. The highest BCUT2D eigenvalue weighted by Crippen LogP contribution is 2.35. The number of amides is 1. The molecule has 1 aliphatic rings. The van der Waals surface area contributed by atoms with Crippen molar-refractivity contribution in [3.8, 4) is 10.6 Å². The van der Waals surface area contributed by atoms with Crippen molar-refractivity contribution in [1.29, 1.82) is 0 Å². The van der Waals surface area contributed by atoms with E-state index in [1.807, 2.05) is 17.9 Å². The van der Waals surface area contributed by atoms with Crippen molar-refractivity contribution in [2.75, 3.05) is 38.0 Å². The molecule has 5 heterocycles. The fourth-order valence-corrected chi connectivity index (χ4v) is 5.75. The molecule has 0 aromatic carbocycles. The summed E-state index contributed by atoms with van der Waals surface area (Å²) in [4.78, 5) is 36.1. The second-order valence-corrected chi connectivity index (χ2v) is 10.1. The zero-order valence-electron chi connectivity index (χ0n) is 20.8. The Labute approximate surface area is 213 Å². The Morgan fingerprint density at radius 3 is 2.58 bits per heavy atom. The van der Waals surface area contributed by atoms with E-state index in [0.717, 1.165) is 42.0 Å². The third-order valence-electron chi connectivity index (χ3n) is 6.39. The SMILES string of the molecule is CCN1CCN(C(=O)c2ccc(Nc3ncc(F)c(-c4cc5nc(C)n(C(C)C)c5s4)n3)nc2)CC1. The first-order valence-electron chi connectivity index (χ1n) is 12.1. The van der Waals surface area contributed by atoms with Crippen LogP contribution in [0.4, 0.5) is 16.2 Å². The molecule has 36 heavy (non-hydrogen) atoms. The van der Waals surface area contributed by atoms with E-state index < -0.39 is 5.82 Å². The minimum absolute atomic E-state index is 0.0239. The summed E-state index contributed by atoms with van der Waals surface area (Å²) in [6.07, 6.45) is 2.70. The van der Waals surface area contributed by atoms with Crippen LogP contribution >= 0.6 is 11.3 Å². The lowest BCUT2D eigenvalue weighted by Gasteiger charge is -2.34. The number of nitrogens with zero attached hydrogens (tertiary/aromatic N) is 7. The second kappa shape index (κ2) is 9.90. The van der Waals surface area contributed by atoms with E-state index in [1.54, 1.807) is 18.3 Å². The van der Waals surface area contributed by atoms with Gasteiger partial charge in [0.25, 0.3) is 5.91 Å². The van der Waals surface area contributed by atoms with Gasteiger partial charge in [0.05, 0.1) is 16.6 Å². The van der Waals surface area contributed by atoms with Crippen LogP contribution in [-0.2, 0) is 0 Å². The number of nitrogens with one attached hydrogen (secondary N) is 1. The summed E-state index contributed by atoms with van der Waals surface area (Å²) in [5.74, 6) is 1.10. The van der Waals surface area contributed by atoms with Crippen molar-refractivity contribution >= 4 is 39.4 Å². The van der Waals surface area contributed by atoms with Crippen LogP contribution in [0.3, 0.4) is 0 Å². The van der Waals surface area contributed by atoms with Crippen LogP contribution in [-0.4, -0.2) is 72.9 Å². The molecule has 1 N–H and O–H groups in total. The number of carbonyl (C=O) groups is 1. The number of thiophene rings is 1. The summed E-state index contributed by atoms with van der Waals surface area (Å²) in [6.45, 7) is 12.5. The maximum Gasteiger partial charge on any atom is 0.255 e. The maximum absolute atomic E-state index is 14.7. The third kappa shape index (κ3) is 4.68. The summed E-state index contributed by atoms with van der Waals surface area (Å²) in [6, 6.07) is 5.55. The normalized spacial score (nSPS) is 14.7. The average molecular weight is 509 g/mol. The van der Waals surface area contributed by atoms with Gasteiger partial charge in [-0.3, -0.25) is 4.79 Å². The number of hydrogen-bond donors (Lipinski definition) is 1. The number of piperazine rings is 1. The highest BCUT2D eigenvalue weighted by Gasteiger charge is 2.22. The molecule has 0 unspecified atom stereocenters. The fourth-order valence-electron chi connectivity index (χ4n) is 4.48. The van der Waals surface area contributed by atoms with E-state index in [9.17, 15) is 9.18 Å². The molecule has 1 fully saturated rings. The minimum Gasteiger partial charge on any atom is -0.336 e. The van der Waals surface area contributed by atoms with E-state index in [4.69, 9.17) is 0 Å². The van der Waals surface area contributed by atoms with Gasteiger partial charge in [-0.25, -0.2) is 24.3 Å². The molecule has 0 spiro atoms. The number of fused-ring (bicyclic) bond motifs is 1. The molecule has 4 aromatic rings. The van der Waals surface area contributed by atoms with Crippen molar-refractivity contribution in [2.45, 2.75) is 33.7 Å². The second-order valence-electron chi connectivity index (χ2n) is 9.10. The number of pyridine rings is 1. The predicted octanol–water partition coefficient (Wildman–Crippen LogP) is 4.50. The number of aromatic nitrogens is 5. The van der Waals surface area contributed by atoms with Crippen LogP contribution in [0.5, 0.6) is 0 Å². The van der Waals surface area contributed by atoms with Gasteiger partial charge >= 0.3 is 0 Å². The molecule has 0 atom stereocenters. The van der Waals surface area contributed by atoms with Gasteiger partial charge < -0.3 is 19.7 Å². The first-order chi connectivity index (χ1) is 17.3. The lowest BCUT2D eigenvalue weighted by molar-refractivity contribution is 0.0643. The van der Waals surface area contributed by atoms with Crippen LogP contribution in [0.15, 0.2) is 30.6 Å². The van der Waals surface area contributed by atoms with E-state index in [0.29, 0.717) is 29.3 Å². The monoisotopic (exact) mass is 508 g/mol. The summed E-state index contributed by atoms with van der Waals surface area (Å²) in [7, 11) is 0. The molecule has 4 aromatic heterocycles. The fraction of sp³-hybridized carbons (Fsp3) is 0.400. The standard InChI is InChI=1S/C25H29FN8OS/c1-5-32-8-10-33(11-9-32)23(35)17-6-7-21(27-13-17)30-25-28-14-18(26)22(31-25)20-12-19-24(36-20)34(15(2)3)16(4)29-19/h6-7,12-15H,5,8-11H2,1-4H3,(H,27,28,30,31). The summed E-state index contributed by atoms with van der Waals surface area (Å²) in [5.41, 5.74) is 1.57.